The van der Waals surface area contributed by atoms with Crippen LogP contribution in [0.3, 0.4) is 0 Å². The maximum atomic E-state index is 13.6. The Hall–Kier alpha value is -2.47. The Morgan fingerprint density at radius 1 is 1.12 bits per heavy atom. The van der Waals surface area contributed by atoms with Crippen molar-refractivity contribution >= 4 is 27.1 Å². The smallest absolute Gasteiger partial charge is 0.234 e. The first-order valence-corrected chi connectivity index (χ1v) is 10.2. The summed E-state index contributed by atoms with van der Waals surface area (Å²) < 4.78 is 41.2. The third-order valence-corrected chi connectivity index (χ3v) is 6.54. The number of allylic oxidation sites excluding steroid dienone is 1. The number of aromatic nitrogens is 2. The molecule has 2 heterocycles. The van der Waals surface area contributed by atoms with Crippen molar-refractivity contribution in [2.75, 3.05) is 0 Å². The molecule has 1 aliphatic carbocycles. The van der Waals surface area contributed by atoms with Crippen LogP contribution in [0.5, 0.6) is 0 Å². The average Bonchev–Trinajstić information content (AvgIpc) is 3.27. The minimum atomic E-state index is -3.83. The van der Waals surface area contributed by atoms with Crippen molar-refractivity contribution in [3.8, 4) is 0 Å². The summed E-state index contributed by atoms with van der Waals surface area (Å²) in [6.45, 7) is 0. The van der Waals surface area contributed by atoms with E-state index in [1.807, 2.05) is 6.08 Å². The van der Waals surface area contributed by atoms with Gasteiger partial charge in [-0.1, -0.05) is 37.1 Å². The summed E-state index contributed by atoms with van der Waals surface area (Å²) in [5.74, 6) is -0.0244. The van der Waals surface area contributed by atoms with Crippen LogP contribution in [0.4, 0.5) is 4.39 Å². The van der Waals surface area contributed by atoms with Crippen LogP contribution >= 0.6 is 0 Å². The van der Waals surface area contributed by atoms with E-state index in [1.54, 1.807) is 36.4 Å². The number of pyridine rings is 1. The van der Waals surface area contributed by atoms with Gasteiger partial charge in [-0.05, 0) is 49.1 Å². The number of halogens is 1. The van der Waals surface area contributed by atoms with E-state index in [-0.39, 0.29) is 10.5 Å². The fraction of sp³-hybridized carbons (Fsp3) is 0.250. The first-order valence-electron chi connectivity index (χ1n) is 8.71. The Morgan fingerprint density at radius 2 is 1.85 bits per heavy atom. The molecule has 0 saturated heterocycles. The molecular formula is C20H19FN2O2S. The van der Waals surface area contributed by atoms with E-state index in [0.29, 0.717) is 17.0 Å². The van der Waals surface area contributed by atoms with Gasteiger partial charge in [0.25, 0.3) is 10.0 Å². The van der Waals surface area contributed by atoms with E-state index in [2.05, 4.69) is 11.1 Å². The van der Waals surface area contributed by atoms with Gasteiger partial charge < -0.3 is 0 Å². The maximum absolute atomic E-state index is 13.6. The lowest BCUT2D eigenvalue weighted by Crippen LogP contribution is -2.15. The molecule has 1 saturated carbocycles. The van der Waals surface area contributed by atoms with Crippen LogP contribution in [0.15, 0.2) is 59.6 Å². The highest BCUT2D eigenvalue weighted by atomic mass is 32.2. The molecule has 1 aromatic carbocycles. The minimum Gasteiger partial charge on any atom is -0.234 e. The quantitative estimate of drug-likeness (QED) is 0.674. The Morgan fingerprint density at radius 3 is 2.58 bits per heavy atom. The summed E-state index contributed by atoms with van der Waals surface area (Å²) in [6.07, 6.45) is 9.58. The lowest BCUT2D eigenvalue weighted by atomic mass is 10.1. The Bertz CT molecular complexity index is 1070. The first kappa shape index (κ1) is 17.0. The molecule has 4 rings (SSSR count). The molecule has 26 heavy (non-hydrogen) atoms. The molecule has 0 unspecified atom stereocenters. The first-order chi connectivity index (χ1) is 12.6. The molecule has 0 atom stereocenters. The van der Waals surface area contributed by atoms with Gasteiger partial charge in [-0.15, -0.1) is 0 Å². The van der Waals surface area contributed by atoms with Crippen molar-refractivity contribution < 1.29 is 12.8 Å². The Balaban J connectivity index is 1.89. The fourth-order valence-corrected chi connectivity index (χ4v) is 5.00. The summed E-state index contributed by atoms with van der Waals surface area (Å²) in [5.41, 5.74) is 0.732. The van der Waals surface area contributed by atoms with E-state index in [0.717, 1.165) is 19.0 Å². The van der Waals surface area contributed by atoms with Crippen LogP contribution in [0.25, 0.3) is 17.1 Å². The van der Waals surface area contributed by atoms with E-state index in [1.165, 1.54) is 22.9 Å². The second-order valence-electron chi connectivity index (χ2n) is 6.62. The zero-order valence-corrected chi connectivity index (χ0v) is 15.0. The zero-order chi connectivity index (χ0) is 18.1. The largest absolute Gasteiger partial charge is 0.269 e. The molecule has 0 bridgehead atoms. The highest BCUT2D eigenvalue weighted by molar-refractivity contribution is 7.90. The van der Waals surface area contributed by atoms with E-state index < -0.39 is 15.8 Å². The number of hydrogen-bond donors (Lipinski definition) is 0. The van der Waals surface area contributed by atoms with Crippen LogP contribution in [0, 0.1) is 11.7 Å². The van der Waals surface area contributed by atoms with Crippen LogP contribution in [-0.2, 0) is 10.0 Å². The molecule has 0 spiro atoms. The average molecular weight is 370 g/mol. The van der Waals surface area contributed by atoms with Gasteiger partial charge in [-0.3, -0.25) is 0 Å². The van der Waals surface area contributed by atoms with Gasteiger partial charge in [0.05, 0.1) is 16.8 Å². The number of rotatable bonds is 4. The molecule has 6 heteroatoms. The summed E-state index contributed by atoms with van der Waals surface area (Å²) in [6, 6.07) is 11.2. The highest BCUT2D eigenvalue weighted by Gasteiger charge is 2.23. The van der Waals surface area contributed by atoms with Crippen molar-refractivity contribution in [3.63, 3.8) is 0 Å². The molecule has 1 aliphatic rings. The van der Waals surface area contributed by atoms with Gasteiger partial charge in [-0.25, -0.2) is 21.8 Å². The lowest BCUT2D eigenvalue weighted by molar-refractivity contribution is 0.588. The zero-order valence-electron chi connectivity index (χ0n) is 14.2. The van der Waals surface area contributed by atoms with Crippen molar-refractivity contribution in [2.45, 2.75) is 30.6 Å². The fourth-order valence-electron chi connectivity index (χ4n) is 3.51. The molecule has 0 amide bonds. The van der Waals surface area contributed by atoms with Crippen LogP contribution in [0.1, 0.15) is 31.4 Å². The molecule has 1 fully saturated rings. The van der Waals surface area contributed by atoms with Crippen molar-refractivity contribution in [2.24, 2.45) is 5.92 Å². The Labute approximate surface area is 152 Å². The number of hydrogen-bond acceptors (Lipinski definition) is 3. The van der Waals surface area contributed by atoms with Crippen LogP contribution < -0.4 is 0 Å². The van der Waals surface area contributed by atoms with E-state index >= 15 is 0 Å². The van der Waals surface area contributed by atoms with Crippen molar-refractivity contribution in [1.29, 1.82) is 0 Å². The predicted octanol–water partition coefficient (Wildman–Crippen LogP) is 4.62. The van der Waals surface area contributed by atoms with Crippen LogP contribution in [-0.4, -0.2) is 17.4 Å². The van der Waals surface area contributed by atoms with Crippen LogP contribution in [0.2, 0.25) is 0 Å². The normalized spacial score (nSPS) is 16.0. The second-order valence-corrected chi connectivity index (χ2v) is 8.41. The molecule has 134 valence electrons. The van der Waals surface area contributed by atoms with Gasteiger partial charge >= 0.3 is 0 Å². The third-order valence-electron chi connectivity index (χ3n) is 4.81. The van der Waals surface area contributed by atoms with E-state index in [9.17, 15) is 12.8 Å². The minimum absolute atomic E-state index is 0.180. The van der Waals surface area contributed by atoms with E-state index in [4.69, 9.17) is 0 Å². The second kappa shape index (κ2) is 6.68. The number of benzene rings is 1. The van der Waals surface area contributed by atoms with Crippen molar-refractivity contribution in [1.82, 2.24) is 8.96 Å². The molecule has 0 aliphatic heterocycles. The standard InChI is InChI=1S/C20H19FN2O2S/c21-17-12-16-13-18(11-10-15-6-4-5-7-15)23(20(16)22-14-17)26(24,25)19-8-2-1-3-9-19/h1-3,8-15H,4-7H2. The van der Waals surface area contributed by atoms with Crippen molar-refractivity contribution in [3.05, 3.63) is 66.2 Å². The Kier molecular flexibility index (Phi) is 4.36. The van der Waals surface area contributed by atoms with Gasteiger partial charge in [0, 0.05) is 5.39 Å². The topological polar surface area (TPSA) is 52.0 Å². The number of fused-ring (bicyclic) bond motifs is 1. The molecule has 3 aromatic rings. The number of nitrogens with zero attached hydrogens (tertiary/aromatic N) is 2. The highest BCUT2D eigenvalue weighted by Crippen LogP contribution is 2.29. The van der Waals surface area contributed by atoms with Gasteiger partial charge in [0.15, 0.2) is 5.65 Å². The van der Waals surface area contributed by atoms with Gasteiger partial charge in [-0.2, -0.15) is 0 Å². The summed E-state index contributed by atoms with van der Waals surface area (Å²) in [4.78, 5) is 4.23. The molecule has 4 nitrogen and oxygen atoms in total. The van der Waals surface area contributed by atoms with Gasteiger partial charge in [0.1, 0.15) is 5.82 Å². The molecule has 0 N–H and O–H groups in total. The summed E-state index contributed by atoms with van der Waals surface area (Å²) in [7, 11) is -3.83. The predicted molar refractivity (Wildman–Crippen MR) is 99.7 cm³/mol. The molecule has 0 radical (unpaired) electrons. The monoisotopic (exact) mass is 370 g/mol. The molecular weight excluding hydrogens is 351 g/mol. The summed E-state index contributed by atoms with van der Waals surface area (Å²) >= 11 is 0. The van der Waals surface area contributed by atoms with Gasteiger partial charge in [0.2, 0.25) is 0 Å². The SMILES string of the molecule is O=S(=O)(c1ccccc1)n1c(C=CC2CCCC2)cc2cc(F)cnc21. The maximum Gasteiger partial charge on any atom is 0.269 e. The summed E-state index contributed by atoms with van der Waals surface area (Å²) in [5, 5.41) is 0.468. The molecule has 2 aromatic heterocycles. The third kappa shape index (κ3) is 3.05. The lowest BCUT2D eigenvalue weighted by Gasteiger charge is -2.10.